The number of rotatable bonds is 1. The molecule has 4 aliphatic rings. The molecular formula is C17H20N4O. The van der Waals surface area contributed by atoms with Gasteiger partial charge in [-0.05, 0) is 30.9 Å². The molecule has 4 atom stereocenters. The summed E-state index contributed by atoms with van der Waals surface area (Å²) < 4.78 is 1.82. The molecule has 0 radical (unpaired) electrons. The van der Waals surface area contributed by atoms with E-state index in [9.17, 15) is 4.79 Å². The van der Waals surface area contributed by atoms with Gasteiger partial charge in [0.05, 0.1) is 5.52 Å². The molecule has 4 bridgehead atoms. The highest BCUT2D eigenvalue weighted by Gasteiger charge is 2.51. The molecule has 5 heterocycles. The highest BCUT2D eigenvalue weighted by Crippen LogP contribution is 2.42. The van der Waals surface area contributed by atoms with E-state index in [0.29, 0.717) is 23.6 Å². The van der Waals surface area contributed by atoms with Crippen molar-refractivity contribution in [3.63, 3.8) is 0 Å². The monoisotopic (exact) mass is 296 g/mol. The Hall–Kier alpha value is -1.88. The summed E-state index contributed by atoms with van der Waals surface area (Å²) in [6.07, 6.45) is 1.25. The summed E-state index contributed by atoms with van der Waals surface area (Å²) in [5.41, 5.74) is 1.65. The van der Waals surface area contributed by atoms with Crippen molar-refractivity contribution in [2.24, 2.45) is 18.9 Å². The summed E-state index contributed by atoms with van der Waals surface area (Å²) in [6.45, 7) is 4.35. The van der Waals surface area contributed by atoms with Crippen molar-refractivity contribution < 1.29 is 4.79 Å². The molecule has 5 nitrogen and oxygen atoms in total. The van der Waals surface area contributed by atoms with Gasteiger partial charge in [0.25, 0.3) is 5.91 Å². The maximum atomic E-state index is 13.1. The predicted octanol–water partition coefficient (Wildman–Crippen LogP) is 1.35. The fraction of sp³-hybridized carbons (Fsp3) is 0.529. The minimum Gasteiger partial charge on any atom is -0.332 e. The van der Waals surface area contributed by atoms with Gasteiger partial charge in [-0.15, -0.1) is 0 Å². The molecule has 0 spiro atoms. The summed E-state index contributed by atoms with van der Waals surface area (Å²) in [5.74, 6) is 1.51. The molecule has 6 rings (SSSR count). The average molecular weight is 296 g/mol. The number of carbonyl (C=O) groups excluding carboxylic acids is 1. The van der Waals surface area contributed by atoms with Gasteiger partial charge >= 0.3 is 0 Å². The van der Waals surface area contributed by atoms with E-state index in [0.717, 1.165) is 24.0 Å². The van der Waals surface area contributed by atoms with Crippen LogP contribution < -0.4 is 0 Å². The Morgan fingerprint density at radius 1 is 1.23 bits per heavy atom. The second-order valence-corrected chi connectivity index (χ2v) is 6.99. The van der Waals surface area contributed by atoms with Gasteiger partial charge in [-0.25, -0.2) is 0 Å². The lowest BCUT2D eigenvalue weighted by Crippen LogP contribution is -2.54. The van der Waals surface area contributed by atoms with Gasteiger partial charge in [0, 0.05) is 38.1 Å². The van der Waals surface area contributed by atoms with Gasteiger partial charge in [-0.1, -0.05) is 18.2 Å². The number of fused-ring (bicyclic) bond motifs is 2. The van der Waals surface area contributed by atoms with Crippen LogP contribution in [0.1, 0.15) is 16.9 Å². The topological polar surface area (TPSA) is 41.4 Å². The van der Waals surface area contributed by atoms with E-state index < -0.39 is 0 Å². The van der Waals surface area contributed by atoms with Crippen LogP contribution >= 0.6 is 0 Å². The third-order valence-electron chi connectivity index (χ3n) is 5.87. The van der Waals surface area contributed by atoms with E-state index >= 15 is 0 Å². The quantitative estimate of drug-likeness (QED) is 0.797. The molecule has 1 aromatic heterocycles. The number of amides is 1. The van der Waals surface area contributed by atoms with Crippen LogP contribution in [0.15, 0.2) is 24.3 Å². The van der Waals surface area contributed by atoms with E-state index in [2.05, 4.69) is 14.9 Å². The smallest absolute Gasteiger partial charge is 0.275 e. The lowest BCUT2D eigenvalue weighted by atomic mass is 9.80. The lowest BCUT2D eigenvalue weighted by Gasteiger charge is -2.44. The molecule has 4 saturated heterocycles. The van der Waals surface area contributed by atoms with Gasteiger partial charge in [-0.3, -0.25) is 9.48 Å². The van der Waals surface area contributed by atoms with Crippen molar-refractivity contribution in [3.05, 3.63) is 30.0 Å². The molecule has 4 aliphatic heterocycles. The van der Waals surface area contributed by atoms with Gasteiger partial charge < -0.3 is 9.80 Å². The number of aryl methyl sites for hydroxylation is 1. The van der Waals surface area contributed by atoms with Crippen molar-refractivity contribution in [2.45, 2.75) is 12.5 Å². The number of benzene rings is 1. The number of nitrogens with zero attached hydrogens (tertiary/aromatic N) is 4. The van der Waals surface area contributed by atoms with Crippen LogP contribution in [0.4, 0.5) is 0 Å². The third kappa shape index (κ3) is 1.57. The van der Waals surface area contributed by atoms with Gasteiger partial charge in [0.15, 0.2) is 5.69 Å². The van der Waals surface area contributed by atoms with Crippen molar-refractivity contribution in [3.8, 4) is 0 Å². The summed E-state index contributed by atoms with van der Waals surface area (Å²) in [6, 6.07) is 8.41. The average Bonchev–Trinajstić information content (AvgIpc) is 3.03. The Kier molecular flexibility index (Phi) is 2.48. The van der Waals surface area contributed by atoms with Crippen LogP contribution in [0.3, 0.4) is 0 Å². The normalized spacial score (nSPS) is 32.9. The number of likely N-dealkylation sites (tertiary alicyclic amines) is 1. The van der Waals surface area contributed by atoms with Crippen LogP contribution in [0, 0.1) is 11.8 Å². The zero-order valence-electron chi connectivity index (χ0n) is 12.8. The summed E-state index contributed by atoms with van der Waals surface area (Å²) in [7, 11) is 1.91. The second-order valence-electron chi connectivity index (χ2n) is 6.99. The van der Waals surface area contributed by atoms with Crippen LogP contribution in [0.5, 0.6) is 0 Å². The standard InChI is InChI=1S/C17H20N4O/c1-19-14-5-3-2-4-13(14)16(18-19)17(22)21-9-11-8-20-7-6-12(11)15(21)10-20/h2-5,11-12,15H,6-10H2,1H3/t11-,12?,15-/m0/s1. The van der Waals surface area contributed by atoms with E-state index in [1.165, 1.54) is 19.5 Å². The Balaban J connectivity index is 1.54. The predicted molar refractivity (Wildman–Crippen MR) is 83.6 cm³/mol. The SMILES string of the molecule is Cn1nc(C(=O)N2C[C@@H]3CN4CCC3[C@@H]2C4)c2ccccc21. The summed E-state index contributed by atoms with van der Waals surface area (Å²) >= 11 is 0. The Morgan fingerprint density at radius 2 is 2.09 bits per heavy atom. The van der Waals surface area contributed by atoms with Crippen LogP contribution in [0.25, 0.3) is 10.9 Å². The van der Waals surface area contributed by atoms with Gasteiger partial charge in [0.1, 0.15) is 0 Å². The molecular weight excluding hydrogens is 276 g/mol. The number of aromatic nitrogens is 2. The highest BCUT2D eigenvalue weighted by molar-refractivity contribution is 6.05. The van der Waals surface area contributed by atoms with E-state index in [4.69, 9.17) is 0 Å². The van der Waals surface area contributed by atoms with Crippen LogP contribution in [0.2, 0.25) is 0 Å². The first-order valence-electron chi connectivity index (χ1n) is 8.17. The maximum absolute atomic E-state index is 13.1. The minimum absolute atomic E-state index is 0.123. The summed E-state index contributed by atoms with van der Waals surface area (Å²) in [5, 5.41) is 5.50. The number of hydrogen-bond donors (Lipinski definition) is 0. The van der Waals surface area contributed by atoms with E-state index in [-0.39, 0.29) is 5.91 Å². The molecule has 2 unspecified atom stereocenters. The molecule has 0 aliphatic carbocycles. The van der Waals surface area contributed by atoms with Crippen molar-refractivity contribution in [1.82, 2.24) is 19.6 Å². The van der Waals surface area contributed by atoms with Gasteiger partial charge in [0.2, 0.25) is 0 Å². The number of piperidine rings is 3. The molecule has 5 heteroatoms. The van der Waals surface area contributed by atoms with Crippen LogP contribution in [-0.4, -0.2) is 57.7 Å². The zero-order valence-corrected chi connectivity index (χ0v) is 12.8. The van der Waals surface area contributed by atoms with E-state index in [1.54, 1.807) is 0 Å². The number of para-hydroxylation sites is 1. The van der Waals surface area contributed by atoms with Gasteiger partial charge in [-0.2, -0.15) is 5.10 Å². The fourth-order valence-electron chi connectivity index (χ4n) is 4.85. The number of hydrogen-bond acceptors (Lipinski definition) is 3. The minimum atomic E-state index is 0.123. The Morgan fingerprint density at radius 3 is 2.91 bits per heavy atom. The second kappa shape index (κ2) is 4.32. The number of carbonyl (C=O) groups is 1. The molecule has 0 saturated carbocycles. The molecule has 2 aromatic rings. The Labute approximate surface area is 129 Å². The fourth-order valence-corrected chi connectivity index (χ4v) is 4.85. The maximum Gasteiger partial charge on any atom is 0.275 e. The van der Waals surface area contributed by atoms with Crippen molar-refractivity contribution in [1.29, 1.82) is 0 Å². The first-order valence-corrected chi connectivity index (χ1v) is 8.17. The highest BCUT2D eigenvalue weighted by atomic mass is 16.2. The molecule has 0 N–H and O–H groups in total. The van der Waals surface area contributed by atoms with Crippen molar-refractivity contribution >= 4 is 16.8 Å². The molecule has 1 amide bonds. The molecule has 114 valence electrons. The van der Waals surface area contributed by atoms with Crippen LogP contribution in [-0.2, 0) is 7.05 Å². The van der Waals surface area contributed by atoms with E-state index in [1.807, 2.05) is 36.0 Å². The molecule has 22 heavy (non-hydrogen) atoms. The largest absolute Gasteiger partial charge is 0.332 e. The molecule has 4 fully saturated rings. The third-order valence-corrected chi connectivity index (χ3v) is 5.87. The molecule has 1 aromatic carbocycles. The zero-order chi connectivity index (χ0) is 14.8. The first kappa shape index (κ1) is 12.6. The lowest BCUT2D eigenvalue weighted by molar-refractivity contribution is 0.0420. The van der Waals surface area contributed by atoms with Crippen molar-refractivity contribution in [2.75, 3.05) is 26.2 Å². The summed E-state index contributed by atoms with van der Waals surface area (Å²) in [4.78, 5) is 17.8. The Bertz CT molecular complexity index is 767. The first-order chi connectivity index (χ1) is 10.7.